The van der Waals surface area contributed by atoms with Crippen molar-refractivity contribution in [3.05, 3.63) is 81.7 Å². The van der Waals surface area contributed by atoms with Crippen LogP contribution in [-0.4, -0.2) is 35.7 Å². The largest absolute Gasteiger partial charge is 0.488 e. The average Bonchev–Trinajstić information content (AvgIpc) is 3.06. The molecule has 162 valence electrons. The van der Waals surface area contributed by atoms with Crippen LogP contribution in [0.25, 0.3) is 16.8 Å². The number of imide groups is 1. The number of esters is 1. The Labute approximate surface area is 193 Å². The summed E-state index contributed by atoms with van der Waals surface area (Å²) in [7, 11) is 1.21. The van der Waals surface area contributed by atoms with E-state index in [0.717, 1.165) is 33.0 Å². The van der Waals surface area contributed by atoms with Crippen LogP contribution < -0.4 is 4.74 Å². The van der Waals surface area contributed by atoms with E-state index >= 15 is 0 Å². The summed E-state index contributed by atoms with van der Waals surface area (Å²) >= 11 is 6.73. The van der Waals surface area contributed by atoms with Crippen molar-refractivity contribution >= 4 is 57.3 Å². The number of carbonyl (C=O) groups is 3. The summed E-state index contributed by atoms with van der Waals surface area (Å²) in [5.74, 6) is -0.633. The van der Waals surface area contributed by atoms with Gasteiger partial charge < -0.3 is 9.47 Å². The highest BCUT2D eigenvalue weighted by atomic mass is 35.5. The molecular formula is C24H18ClNO5S. The van der Waals surface area contributed by atoms with Gasteiger partial charge >= 0.3 is 5.97 Å². The second-order valence-corrected chi connectivity index (χ2v) is 8.39. The van der Waals surface area contributed by atoms with Gasteiger partial charge in [0.25, 0.3) is 11.1 Å². The molecule has 0 radical (unpaired) electrons. The molecule has 0 aromatic heterocycles. The molecular weight excluding hydrogens is 450 g/mol. The monoisotopic (exact) mass is 467 g/mol. The van der Waals surface area contributed by atoms with Crippen molar-refractivity contribution in [1.29, 1.82) is 0 Å². The second-order valence-electron chi connectivity index (χ2n) is 6.96. The van der Waals surface area contributed by atoms with E-state index in [1.807, 2.05) is 48.5 Å². The average molecular weight is 468 g/mol. The lowest BCUT2D eigenvalue weighted by Crippen LogP contribution is -2.34. The Kier molecular flexibility index (Phi) is 6.48. The van der Waals surface area contributed by atoms with Crippen LogP contribution in [0, 0.1) is 0 Å². The quantitative estimate of drug-likeness (QED) is 0.362. The Morgan fingerprint density at radius 3 is 2.56 bits per heavy atom. The third-order valence-corrected chi connectivity index (χ3v) is 6.06. The summed E-state index contributed by atoms with van der Waals surface area (Å²) in [6.45, 7) is -0.117. The SMILES string of the molecule is COC(=O)CN1C(=O)S/C(=C\c2c(OCc3ccc(Cl)cc3)ccc3ccccc23)C1=O. The summed E-state index contributed by atoms with van der Waals surface area (Å²) in [5.41, 5.74) is 1.62. The molecule has 6 nitrogen and oxygen atoms in total. The molecule has 0 unspecified atom stereocenters. The molecule has 0 spiro atoms. The number of hydrogen-bond donors (Lipinski definition) is 0. The number of nitrogens with zero attached hydrogens (tertiary/aromatic N) is 1. The van der Waals surface area contributed by atoms with Crippen molar-refractivity contribution in [2.75, 3.05) is 13.7 Å². The Bertz CT molecular complexity index is 1240. The van der Waals surface area contributed by atoms with Crippen molar-refractivity contribution in [2.45, 2.75) is 6.61 Å². The van der Waals surface area contributed by atoms with Gasteiger partial charge in [0.1, 0.15) is 18.9 Å². The summed E-state index contributed by atoms with van der Waals surface area (Å²) in [5, 5.41) is 1.96. The Hall–Kier alpha value is -3.29. The zero-order valence-electron chi connectivity index (χ0n) is 17.0. The predicted molar refractivity (Wildman–Crippen MR) is 124 cm³/mol. The Morgan fingerprint density at radius 1 is 1.06 bits per heavy atom. The van der Waals surface area contributed by atoms with Gasteiger partial charge in [-0.3, -0.25) is 19.3 Å². The maximum Gasteiger partial charge on any atom is 0.325 e. The molecule has 32 heavy (non-hydrogen) atoms. The van der Waals surface area contributed by atoms with Crippen LogP contribution in [0.5, 0.6) is 5.75 Å². The predicted octanol–water partition coefficient (Wildman–Crippen LogP) is 5.28. The van der Waals surface area contributed by atoms with E-state index in [-0.39, 0.29) is 4.91 Å². The van der Waals surface area contributed by atoms with Gasteiger partial charge in [-0.25, -0.2) is 0 Å². The molecule has 0 bridgehead atoms. The number of rotatable bonds is 6. The molecule has 1 fully saturated rings. The second kappa shape index (κ2) is 9.46. The summed E-state index contributed by atoms with van der Waals surface area (Å²) in [6, 6.07) is 18.8. The number of thioether (sulfide) groups is 1. The fourth-order valence-corrected chi connectivity index (χ4v) is 4.20. The summed E-state index contributed by atoms with van der Waals surface area (Å²) in [6.07, 6.45) is 1.64. The van der Waals surface area contributed by atoms with E-state index in [1.54, 1.807) is 18.2 Å². The van der Waals surface area contributed by atoms with Crippen molar-refractivity contribution in [1.82, 2.24) is 4.90 Å². The Morgan fingerprint density at radius 2 is 1.81 bits per heavy atom. The maximum atomic E-state index is 12.8. The lowest BCUT2D eigenvalue weighted by atomic mass is 10.0. The molecule has 0 atom stereocenters. The lowest BCUT2D eigenvalue weighted by molar-refractivity contribution is -0.143. The molecule has 8 heteroatoms. The van der Waals surface area contributed by atoms with E-state index < -0.39 is 23.7 Å². The summed E-state index contributed by atoms with van der Waals surface area (Å²) in [4.78, 5) is 37.7. The van der Waals surface area contributed by atoms with Gasteiger partial charge in [0.15, 0.2) is 0 Å². The van der Waals surface area contributed by atoms with Crippen LogP contribution in [0.1, 0.15) is 11.1 Å². The van der Waals surface area contributed by atoms with Crippen LogP contribution in [0.3, 0.4) is 0 Å². The van der Waals surface area contributed by atoms with Gasteiger partial charge in [-0.15, -0.1) is 0 Å². The number of amides is 2. The standard InChI is InChI=1S/C24H18ClNO5S/c1-30-22(27)13-26-23(28)21(32-24(26)29)12-19-18-5-3-2-4-16(18)8-11-20(19)31-14-15-6-9-17(25)10-7-15/h2-12H,13-14H2,1H3/b21-12-. The van der Waals surface area contributed by atoms with Crippen LogP contribution in [0.15, 0.2) is 65.6 Å². The van der Waals surface area contributed by atoms with E-state index in [1.165, 1.54) is 7.11 Å². The van der Waals surface area contributed by atoms with Crippen molar-refractivity contribution in [3.63, 3.8) is 0 Å². The molecule has 1 aliphatic rings. The third kappa shape index (κ3) is 4.64. The molecule has 0 N–H and O–H groups in total. The highest BCUT2D eigenvalue weighted by Crippen LogP contribution is 2.37. The molecule has 1 saturated heterocycles. The smallest absolute Gasteiger partial charge is 0.325 e. The van der Waals surface area contributed by atoms with Gasteiger partial charge in [-0.2, -0.15) is 0 Å². The zero-order chi connectivity index (χ0) is 22.7. The van der Waals surface area contributed by atoms with E-state index in [2.05, 4.69) is 4.74 Å². The third-order valence-electron chi connectivity index (χ3n) is 4.90. The summed E-state index contributed by atoms with van der Waals surface area (Å²) < 4.78 is 10.6. The Balaban J connectivity index is 1.69. The number of benzene rings is 3. The highest BCUT2D eigenvalue weighted by molar-refractivity contribution is 8.18. The van der Waals surface area contributed by atoms with Gasteiger partial charge in [0.05, 0.1) is 12.0 Å². The van der Waals surface area contributed by atoms with Crippen LogP contribution >= 0.6 is 23.4 Å². The minimum atomic E-state index is -0.661. The molecule has 0 aliphatic carbocycles. The number of fused-ring (bicyclic) bond motifs is 1. The first-order chi connectivity index (χ1) is 15.5. The normalized spacial score (nSPS) is 14.9. The van der Waals surface area contributed by atoms with Crippen molar-refractivity contribution < 1.29 is 23.9 Å². The van der Waals surface area contributed by atoms with Gasteiger partial charge in [0, 0.05) is 10.6 Å². The zero-order valence-corrected chi connectivity index (χ0v) is 18.6. The number of ether oxygens (including phenoxy) is 2. The fourth-order valence-electron chi connectivity index (χ4n) is 3.25. The van der Waals surface area contributed by atoms with Crippen molar-refractivity contribution in [3.8, 4) is 5.75 Å². The van der Waals surface area contributed by atoms with Crippen LogP contribution in [-0.2, 0) is 20.9 Å². The van der Waals surface area contributed by atoms with Crippen LogP contribution in [0.4, 0.5) is 4.79 Å². The fraction of sp³-hybridized carbons (Fsp3) is 0.125. The number of halogens is 1. The molecule has 2 amide bonds. The van der Waals surface area contributed by atoms with Crippen molar-refractivity contribution in [2.24, 2.45) is 0 Å². The first-order valence-corrected chi connectivity index (χ1v) is 10.9. The number of methoxy groups -OCH3 is 1. The minimum Gasteiger partial charge on any atom is -0.488 e. The van der Waals surface area contributed by atoms with Gasteiger partial charge in [0.2, 0.25) is 0 Å². The topological polar surface area (TPSA) is 72.9 Å². The molecule has 1 aliphatic heterocycles. The highest BCUT2D eigenvalue weighted by Gasteiger charge is 2.36. The van der Waals surface area contributed by atoms with Crippen LogP contribution in [0.2, 0.25) is 5.02 Å². The van der Waals surface area contributed by atoms with E-state index in [9.17, 15) is 14.4 Å². The maximum absolute atomic E-state index is 12.8. The molecule has 4 rings (SSSR count). The first-order valence-electron chi connectivity index (χ1n) is 9.67. The number of carbonyl (C=O) groups excluding carboxylic acids is 3. The lowest BCUT2D eigenvalue weighted by Gasteiger charge is -2.13. The molecule has 3 aromatic carbocycles. The van der Waals surface area contributed by atoms with Gasteiger partial charge in [-0.1, -0.05) is 54.1 Å². The number of hydrogen-bond acceptors (Lipinski definition) is 6. The van der Waals surface area contributed by atoms with E-state index in [0.29, 0.717) is 22.9 Å². The minimum absolute atomic E-state index is 0.214. The first kappa shape index (κ1) is 21.9. The molecule has 3 aromatic rings. The van der Waals surface area contributed by atoms with Gasteiger partial charge in [-0.05, 0) is 52.4 Å². The molecule has 0 saturated carbocycles. The van der Waals surface area contributed by atoms with E-state index in [4.69, 9.17) is 16.3 Å². The molecule has 1 heterocycles.